The summed E-state index contributed by atoms with van der Waals surface area (Å²) in [5, 5.41) is 2.37. The fourth-order valence-corrected chi connectivity index (χ4v) is 2.16. The Morgan fingerprint density at radius 2 is 2.12 bits per heavy atom. The van der Waals surface area contributed by atoms with E-state index in [9.17, 15) is 9.59 Å². The number of nitrogens with zero attached hydrogens (tertiary/aromatic N) is 1. The Labute approximate surface area is 96.4 Å². The first kappa shape index (κ1) is 13.1. The monoisotopic (exact) mass is 227 g/mol. The first-order valence-corrected chi connectivity index (χ1v) is 5.74. The number of rotatable bonds is 4. The quantitative estimate of drug-likeness (QED) is 0.655. The molecule has 0 aromatic rings. The lowest BCUT2D eigenvalue weighted by Gasteiger charge is -2.44. The minimum atomic E-state index is -0.635. The molecule has 3 N–H and O–H groups in total. The summed E-state index contributed by atoms with van der Waals surface area (Å²) in [5.74, 6) is -0.445. The first-order chi connectivity index (χ1) is 7.43. The molecule has 1 aliphatic rings. The van der Waals surface area contributed by atoms with Gasteiger partial charge < -0.3 is 5.73 Å². The average Bonchev–Trinajstić information content (AvgIpc) is 2.21. The molecule has 5 heteroatoms. The summed E-state index contributed by atoms with van der Waals surface area (Å²) in [6.07, 6.45) is 1.70. The summed E-state index contributed by atoms with van der Waals surface area (Å²) in [6, 6.07) is 0.190. The van der Waals surface area contributed by atoms with E-state index in [1.165, 1.54) is 0 Å². The van der Waals surface area contributed by atoms with Crippen LogP contribution in [0.3, 0.4) is 0 Å². The third-order valence-electron chi connectivity index (χ3n) is 3.25. The van der Waals surface area contributed by atoms with Crippen molar-refractivity contribution in [3.63, 3.8) is 0 Å². The van der Waals surface area contributed by atoms with E-state index in [1.807, 2.05) is 25.7 Å². The van der Waals surface area contributed by atoms with E-state index in [1.54, 1.807) is 0 Å². The van der Waals surface area contributed by atoms with Crippen LogP contribution in [0.2, 0.25) is 0 Å². The van der Waals surface area contributed by atoms with E-state index in [0.717, 1.165) is 12.8 Å². The number of nitrogens with two attached hydrogens (primary N) is 1. The minimum Gasteiger partial charge on any atom is -0.330 e. The van der Waals surface area contributed by atoms with Crippen LogP contribution in [0.25, 0.3) is 0 Å². The van der Waals surface area contributed by atoms with Gasteiger partial charge in [0.25, 0.3) is 0 Å². The van der Waals surface area contributed by atoms with E-state index in [2.05, 4.69) is 5.32 Å². The number of amides is 2. The molecule has 0 spiro atoms. The average molecular weight is 227 g/mol. The molecule has 1 aliphatic heterocycles. The van der Waals surface area contributed by atoms with Crippen LogP contribution in [0.15, 0.2) is 0 Å². The third-order valence-corrected chi connectivity index (χ3v) is 3.25. The zero-order valence-electron chi connectivity index (χ0n) is 10.2. The molecule has 0 radical (unpaired) electrons. The summed E-state index contributed by atoms with van der Waals surface area (Å²) >= 11 is 0. The van der Waals surface area contributed by atoms with Gasteiger partial charge in [-0.2, -0.15) is 0 Å². The predicted molar refractivity (Wildman–Crippen MR) is 61.7 cm³/mol. The van der Waals surface area contributed by atoms with Gasteiger partial charge in [-0.1, -0.05) is 6.92 Å². The van der Waals surface area contributed by atoms with Crippen molar-refractivity contribution >= 4 is 11.8 Å². The Hall–Kier alpha value is -0.940. The topological polar surface area (TPSA) is 75.4 Å². The highest BCUT2D eigenvalue weighted by atomic mass is 16.2. The minimum absolute atomic E-state index is 0.190. The van der Waals surface area contributed by atoms with Gasteiger partial charge in [0.2, 0.25) is 11.8 Å². The van der Waals surface area contributed by atoms with Gasteiger partial charge in [-0.15, -0.1) is 0 Å². The molecule has 0 aromatic heterocycles. The molecule has 0 bridgehead atoms. The van der Waals surface area contributed by atoms with Gasteiger partial charge in [0.1, 0.15) is 0 Å². The lowest BCUT2D eigenvalue weighted by Crippen LogP contribution is -2.66. The molecular weight excluding hydrogens is 206 g/mol. The van der Waals surface area contributed by atoms with Gasteiger partial charge in [0, 0.05) is 6.04 Å². The largest absolute Gasteiger partial charge is 0.330 e. The standard InChI is InChI=1S/C11H21N3O2/c1-4-8(5-6-12)14-7-9(15)13-10(16)11(14,2)3/h8H,4-7,12H2,1-3H3,(H,13,15,16). The predicted octanol–water partition coefficient (Wildman–Crippen LogP) is -0.149. The van der Waals surface area contributed by atoms with E-state index < -0.39 is 5.54 Å². The van der Waals surface area contributed by atoms with Crippen LogP contribution in [-0.2, 0) is 9.59 Å². The van der Waals surface area contributed by atoms with E-state index in [-0.39, 0.29) is 24.4 Å². The van der Waals surface area contributed by atoms with Crippen molar-refractivity contribution in [2.45, 2.75) is 45.2 Å². The number of carbonyl (C=O) groups is 2. The van der Waals surface area contributed by atoms with Gasteiger partial charge in [0.15, 0.2) is 0 Å². The Morgan fingerprint density at radius 3 is 2.62 bits per heavy atom. The number of imide groups is 1. The zero-order chi connectivity index (χ0) is 12.3. The van der Waals surface area contributed by atoms with Crippen molar-refractivity contribution in [3.05, 3.63) is 0 Å². The lowest BCUT2D eigenvalue weighted by atomic mass is 9.94. The molecule has 1 atom stereocenters. The molecule has 92 valence electrons. The summed E-state index contributed by atoms with van der Waals surface area (Å²) < 4.78 is 0. The lowest BCUT2D eigenvalue weighted by molar-refractivity contribution is -0.147. The second kappa shape index (κ2) is 4.93. The van der Waals surface area contributed by atoms with Crippen LogP contribution in [-0.4, -0.2) is 41.4 Å². The molecule has 2 amide bonds. The zero-order valence-corrected chi connectivity index (χ0v) is 10.2. The molecule has 1 rings (SSSR count). The van der Waals surface area contributed by atoms with Crippen LogP contribution < -0.4 is 11.1 Å². The fourth-order valence-electron chi connectivity index (χ4n) is 2.16. The molecule has 1 heterocycles. The fraction of sp³-hybridized carbons (Fsp3) is 0.818. The maximum atomic E-state index is 11.8. The Balaban J connectivity index is 2.89. The molecule has 1 unspecified atom stereocenters. The molecule has 0 aromatic carbocycles. The molecular formula is C11H21N3O2. The second-order valence-corrected chi connectivity index (χ2v) is 4.70. The third kappa shape index (κ3) is 2.41. The maximum Gasteiger partial charge on any atom is 0.246 e. The van der Waals surface area contributed by atoms with Crippen LogP contribution >= 0.6 is 0 Å². The van der Waals surface area contributed by atoms with Gasteiger partial charge in [-0.25, -0.2) is 0 Å². The van der Waals surface area contributed by atoms with Crippen LogP contribution in [0.5, 0.6) is 0 Å². The van der Waals surface area contributed by atoms with E-state index >= 15 is 0 Å². The van der Waals surface area contributed by atoms with Crippen molar-refractivity contribution in [2.75, 3.05) is 13.1 Å². The highest BCUT2D eigenvalue weighted by molar-refractivity contribution is 6.02. The van der Waals surface area contributed by atoms with Crippen molar-refractivity contribution in [1.82, 2.24) is 10.2 Å². The van der Waals surface area contributed by atoms with Crippen molar-refractivity contribution < 1.29 is 9.59 Å². The van der Waals surface area contributed by atoms with Gasteiger partial charge in [-0.3, -0.25) is 19.8 Å². The van der Waals surface area contributed by atoms with Gasteiger partial charge >= 0.3 is 0 Å². The summed E-state index contributed by atoms with van der Waals surface area (Å²) in [5.41, 5.74) is 4.92. The first-order valence-electron chi connectivity index (χ1n) is 5.74. The Kier molecular flexibility index (Phi) is 4.04. The molecule has 1 saturated heterocycles. The second-order valence-electron chi connectivity index (χ2n) is 4.70. The highest BCUT2D eigenvalue weighted by Gasteiger charge is 2.43. The molecule has 0 aliphatic carbocycles. The van der Waals surface area contributed by atoms with Crippen LogP contribution in [0, 0.1) is 0 Å². The van der Waals surface area contributed by atoms with E-state index in [4.69, 9.17) is 5.73 Å². The van der Waals surface area contributed by atoms with Crippen molar-refractivity contribution in [2.24, 2.45) is 5.73 Å². The maximum absolute atomic E-state index is 11.8. The van der Waals surface area contributed by atoms with Gasteiger partial charge in [-0.05, 0) is 33.2 Å². The normalized spacial score (nSPS) is 23.0. The molecule has 0 saturated carbocycles. The number of carbonyl (C=O) groups excluding carboxylic acids is 2. The number of piperazine rings is 1. The highest BCUT2D eigenvalue weighted by Crippen LogP contribution is 2.23. The van der Waals surface area contributed by atoms with Crippen LogP contribution in [0.4, 0.5) is 0 Å². The van der Waals surface area contributed by atoms with Gasteiger partial charge in [0.05, 0.1) is 12.1 Å². The van der Waals surface area contributed by atoms with Crippen molar-refractivity contribution in [1.29, 1.82) is 0 Å². The van der Waals surface area contributed by atoms with Crippen LogP contribution in [0.1, 0.15) is 33.6 Å². The number of hydrogen-bond acceptors (Lipinski definition) is 4. The summed E-state index contributed by atoms with van der Waals surface area (Å²) in [7, 11) is 0. The van der Waals surface area contributed by atoms with E-state index in [0.29, 0.717) is 6.54 Å². The number of hydrogen-bond donors (Lipinski definition) is 2. The van der Waals surface area contributed by atoms with Crippen molar-refractivity contribution in [3.8, 4) is 0 Å². The molecule has 16 heavy (non-hydrogen) atoms. The summed E-state index contributed by atoms with van der Waals surface area (Å²) in [4.78, 5) is 25.1. The Morgan fingerprint density at radius 1 is 1.50 bits per heavy atom. The molecule has 1 fully saturated rings. The molecule has 5 nitrogen and oxygen atoms in total. The Bertz CT molecular complexity index is 289. The SMILES string of the molecule is CCC(CCN)N1CC(=O)NC(=O)C1(C)C. The summed E-state index contributed by atoms with van der Waals surface area (Å²) in [6.45, 7) is 6.58. The smallest absolute Gasteiger partial charge is 0.246 e. The number of nitrogens with one attached hydrogen (secondary N) is 1.